The molecule has 2 aromatic carbocycles. The van der Waals surface area contributed by atoms with Gasteiger partial charge in [-0.05, 0) is 35.4 Å². The monoisotopic (exact) mass is 569 g/mol. The highest BCUT2D eigenvalue weighted by Gasteiger charge is 2.28. The molecule has 4 heterocycles. The number of nitrogens with one attached hydrogen (secondary N) is 2. The van der Waals surface area contributed by atoms with Gasteiger partial charge in [-0.15, -0.1) is 0 Å². The number of H-pyrrole nitrogens is 1. The minimum atomic E-state index is -0.592. The summed E-state index contributed by atoms with van der Waals surface area (Å²) in [5.41, 5.74) is 2.58. The van der Waals surface area contributed by atoms with E-state index in [0.29, 0.717) is 66.9 Å². The number of rotatable bonds is 6. The quantitative estimate of drug-likeness (QED) is 0.365. The van der Waals surface area contributed by atoms with E-state index in [-0.39, 0.29) is 35.9 Å². The van der Waals surface area contributed by atoms with Gasteiger partial charge in [0.2, 0.25) is 5.91 Å². The van der Waals surface area contributed by atoms with Crippen molar-refractivity contribution in [2.75, 3.05) is 37.6 Å². The molecule has 11 nitrogen and oxygen atoms in total. The molecule has 2 N–H and O–H groups in total. The third-order valence-corrected chi connectivity index (χ3v) is 7.69. The van der Waals surface area contributed by atoms with E-state index in [1.165, 1.54) is 11.0 Å². The van der Waals surface area contributed by atoms with Crippen LogP contribution in [0.5, 0.6) is 0 Å². The van der Waals surface area contributed by atoms with E-state index in [9.17, 15) is 23.6 Å². The number of fused-ring (bicyclic) bond motifs is 1. The van der Waals surface area contributed by atoms with Gasteiger partial charge in [-0.2, -0.15) is 5.10 Å². The molecular weight excluding hydrogens is 541 g/mol. The zero-order chi connectivity index (χ0) is 29.2. The van der Waals surface area contributed by atoms with E-state index in [2.05, 4.69) is 25.4 Å². The Kier molecular flexibility index (Phi) is 7.44. The average molecular weight is 570 g/mol. The molecule has 2 saturated heterocycles. The Morgan fingerprint density at radius 2 is 1.74 bits per heavy atom. The number of halogens is 1. The van der Waals surface area contributed by atoms with Crippen LogP contribution < -0.4 is 15.8 Å². The first-order valence-corrected chi connectivity index (χ1v) is 13.7. The molecule has 2 aliphatic heterocycles. The zero-order valence-corrected chi connectivity index (χ0v) is 22.7. The SMILES string of the molecule is O=C1CCN(c2cnccc2CN2CCN(C(=O)c3cc(Cc4n[nH]c(=O)c5ccccc45)ccc3F)CC2)C(=O)N1. The molecule has 0 spiro atoms. The van der Waals surface area contributed by atoms with Crippen molar-refractivity contribution < 1.29 is 18.8 Å². The first kappa shape index (κ1) is 27.2. The number of pyridine rings is 1. The fourth-order valence-corrected chi connectivity index (χ4v) is 5.45. The van der Waals surface area contributed by atoms with E-state index in [4.69, 9.17) is 0 Å². The van der Waals surface area contributed by atoms with Crippen LogP contribution in [-0.4, -0.2) is 75.6 Å². The highest BCUT2D eigenvalue weighted by molar-refractivity contribution is 6.05. The molecule has 0 aliphatic carbocycles. The number of imide groups is 1. The highest BCUT2D eigenvalue weighted by Crippen LogP contribution is 2.24. The Hall–Kier alpha value is -4.97. The van der Waals surface area contributed by atoms with Crippen molar-refractivity contribution in [1.82, 2.24) is 30.3 Å². The van der Waals surface area contributed by atoms with Gasteiger partial charge in [-0.25, -0.2) is 14.3 Å². The van der Waals surface area contributed by atoms with Crippen molar-refractivity contribution in [1.29, 1.82) is 0 Å². The molecule has 0 atom stereocenters. The molecule has 2 fully saturated rings. The summed E-state index contributed by atoms with van der Waals surface area (Å²) >= 11 is 0. The van der Waals surface area contributed by atoms with Crippen molar-refractivity contribution in [2.24, 2.45) is 0 Å². The predicted molar refractivity (Wildman–Crippen MR) is 152 cm³/mol. The maximum absolute atomic E-state index is 14.9. The minimum absolute atomic E-state index is 0.00300. The molecule has 2 aliphatic rings. The van der Waals surface area contributed by atoms with Gasteiger partial charge in [0.05, 0.1) is 28.5 Å². The second-order valence-corrected chi connectivity index (χ2v) is 10.4. The average Bonchev–Trinajstić information content (AvgIpc) is 3.00. The van der Waals surface area contributed by atoms with Crippen molar-refractivity contribution in [2.45, 2.75) is 19.4 Å². The number of hydrogen-bond acceptors (Lipinski definition) is 7. The first-order valence-electron chi connectivity index (χ1n) is 13.7. The lowest BCUT2D eigenvalue weighted by atomic mass is 10.0. The number of nitrogens with zero attached hydrogens (tertiary/aromatic N) is 5. The Morgan fingerprint density at radius 3 is 2.52 bits per heavy atom. The summed E-state index contributed by atoms with van der Waals surface area (Å²) in [6, 6.07) is 13.0. The number of urea groups is 1. The van der Waals surface area contributed by atoms with Crippen LogP contribution in [0.15, 0.2) is 65.7 Å². The fourth-order valence-electron chi connectivity index (χ4n) is 5.45. The lowest BCUT2D eigenvalue weighted by molar-refractivity contribution is -0.120. The van der Waals surface area contributed by atoms with Crippen molar-refractivity contribution >= 4 is 34.3 Å². The summed E-state index contributed by atoms with van der Waals surface area (Å²) in [6.45, 7) is 2.76. The number of aromatic nitrogens is 3. The van der Waals surface area contributed by atoms with Gasteiger partial charge in [0.25, 0.3) is 11.5 Å². The van der Waals surface area contributed by atoms with E-state index >= 15 is 0 Å². The Bertz CT molecular complexity index is 1750. The molecule has 2 aromatic heterocycles. The van der Waals surface area contributed by atoms with Gasteiger partial charge in [-0.1, -0.05) is 24.3 Å². The number of benzene rings is 2. The third kappa shape index (κ3) is 5.48. The summed E-state index contributed by atoms with van der Waals surface area (Å²) < 4.78 is 14.9. The summed E-state index contributed by atoms with van der Waals surface area (Å²) in [7, 11) is 0. The molecular formula is C30H28FN7O4. The van der Waals surface area contributed by atoms with Crippen molar-refractivity contribution in [3.8, 4) is 0 Å². The van der Waals surface area contributed by atoms with Gasteiger partial charge in [0, 0.05) is 63.7 Å². The molecule has 0 saturated carbocycles. The Balaban J connectivity index is 1.13. The number of piperazine rings is 1. The van der Waals surface area contributed by atoms with Gasteiger partial charge < -0.3 is 4.90 Å². The second kappa shape index (κ2) is 11.5. The maximum Gasteiger partial charge on any atom is 0.328 e. The molecule has 0 unspecified atom stereocenters. The van der Waals surface area contributed by atoms with E-state index in [1.54, 1.807) is 41.6 Å². The molecule has 12 heteroatoms. The van der Waals surface area contributed by atoms with Gasteiger partial charge in [-0.3, -0.25) is 34.5 Å². The lowest BCUT2D eigenvalue weighted by Crippen LogP contribution is -2.50. The summed E-state index contributed by atoms with van der Waals surface area (Å²) in [4.78, 5) is 59.0. The molecule has 0 radical (unpaired) electrons. The van der Waals surface area contributed by atoms with Crippen LogP contribution in [0.4, 0.5) is 14.9 Å². The standard InChI is InChI=1S/C30H28FN7O4/c31-24-6-5-19(16-25-21-3-1-2-4-22(21)28(40)35-34-25)15-23(24)29(41)37-13-11-36(12-14-37)18-20-7-9-32-17-26(20)38-10-8-27(39)33-30(38)42/h1-7,9,15,17H,8,10-14,16,18H2,(H,35,40)(H,33,39,42). The number of carbonyl (C=O) groups excluding carboxylic acids is 3. The molecule has 214 valence electrons. The largest absolute Gasteiger partial charge is 0.336 e. The third-order valence-electron chi connectivity index (χ3n) is 7.69. The number of hydrogen-bond donors (Lipinski definition) is 2. The number of aromatic amines is 1. The second-order valence-electron chi connectivity index (χ2n) is 10.4. The topological polar surface area (TPSA) is 132 Å². The number of carbonyl (C=O) groups is 3. The minimum Gasteiger partial charge on any atom is -0.336 e. The van der Waals surface area contributed by atoms with Crippen LogP contribution in [0, 0.1) is 5.82 Å². The van der Waals surface area contributed by atoms with Gasteiger partial charge >= 0.3 is 6.03 Å². The Labute approximate surface area is 239 Å². The lowest BCUT2D eigenvalue weighted by Gasteiger charge is -2.36. The van der Waals surface area contributed by atoms with Crippen LogP contribution in [0.25, 0.3) is 10.8 Å². The number of amides is 4. The number of anilines is 1. The first-order chi connectivity index (χ1) is 20.4. The van der Waals surface area contributed by atoms with Crippen LogP contribution in [0.1, 0.15) is 33.6 Å². The van der Waals surface area contributed by atoms with E-state index < -0.39 is 11.8 Å². The normalized spacial score (nSPS) is 16.1. The maximum atomic E-state index is 14.9. The molecule has 6 rings (SSSR count). The van der Waals surface area contributed by atoms with E-state index in [1.807, 2.05) is 18.2 Å². The van der Waals surface area contributed by atoms with Crippen LogP contribution >= 0.6 is 0 Å². The predicted octanol–water partition coefficient (Wildman–Crippen LogP) is 2.45. The summed E-state index contributed by atoms with van der Waals surface area (Å²) in [5, 5.41) is 10.3. The fraction of sp³-hybridized carbons (Fsp3) is 0.267. The molecule has 4 aromatic rings. The zero-order valence-electron chi connectivity index (χ0n) is 22.7. The van der Waals surface area contributed by atoms with Crippen LogP contribution in [0.2, 0.25) is 0 Å². The van der Waals surface area contributed by atoms with Crippen molar-refractivity contribution in [3.63, 3.8) is 0 Å². The molecule has 4 amide bonds. The van der Waals surface area contributed by atoms with Gasteiger partial charge in [0.15, 0.2) is 0 Å². The van der Waals surface area contributed by atoms with Gasteiger partial charge in [0.1, 0.15) is 5.82 Å². The van der Waals surface area contributed by atoms with Crippen LogP contribution in [-0.2, 0) is 17.8 Å². The van der Waals surface area contributed by atoms with Crippen LogP contribution in [0.3, 0.4) is 0 Å². The summed E-state index contributed by atoms with van der Waals surface area (Å²) in [6.07, 6.45) is 3.82. The Morgan fingerprint density at radius 1 is 0.952 bits per heavy atom. The highest BCUT2D eigenvalue weighted by atomic mass is 19.1. The smallest absolute Gasteiger partial charge is 0.328 e. The molecule has 0 bridgehead atoms. The van der Waals surface area contributed by atoms with Crippen molar-refractivity contribution in [3.05, 3.63) is 99.5 Å². The molecule has 42 heavy (non-hydrogen) atoms. The summed E-state index contributed by atoms with van der Waals surface area (Å²) in [5.74, 6) is -1.27. The van der Waals surface area contributed by atoms with E-state index in [0.717, 1.165) is 5.56 Å².